The molecule has 0 aliphatic rings. The molecule has 0 bridgehead atoms. The van der Waals surface area contributed by atoms with Crippen molar-refractivity contribution in [1.29, 1.82) is 0 Å². The van der Waals surface area contributed by atoms with E-state index in [2.05, 4.69) is 45.5 Å². The van der Waals surface area contributed by atoms with E-state index in [0.29, 0.717) is 11.8 Å². The Kier molecular flexibility index (Phi) is 4.47. The molecule has 0 aliphatic heterocycles. The maximum absolute atomic E-state index is 5.64. The van der Waals surface area contributed by atoms with Crippen molar-refractivity contribution in [2.75, 3.05) is 0 Å². The van der Waals surface area contributed by atoms with Crippen molar-refractivity contribution in [2.24, 2.45) is 0 Å². The summed E-state index contributed by atoms with van der Waals surface area (Å²) >= 11 is 1.56. The summed E-state index contributed by atoms with van der Waals surface area (Å²) in [5.74, 6) is 2.12. The van der Waals surface area contributed by atoms with Crippen LogP contribution in [0.25, 0.3) is 5.69 Å². The number of rotatable bonds is 5. The normalized spacial score (nSPS) is 12.5. The van der Waals surface area contributed by atoms with Crippen LogP contribution in [0.5, 0.6) is 0 Å². The molecule has 1 unspecified atom stereocenters. The summed E-state index contributed by atoms with van der Waals surface area (Å²) in [6.45, 7) is 8.05. The third-order valence-corrected chi connectivity index (χ3v) is 4.50. The van der Waals surface area contributed by atoms with Crippen molar-refractivity contribution in [3.63, 3.8) is 0 Å². The van der Waals surface area contributed by atoms with E-state index in [1.807, 2.05) is 31.4 Å². The summed E-state index contributed by atoms with van der Waals surface area (Å²) < 4.78 is 7.68. The summed E-state index contributed by atoms with van der Waals surface area (Å²) in [6, 6.07) is 8.28. The minimum Gasteiger partial charge on any atom is -0.424 e. The van der Waals surface area contributed by atoms with Crippen LogP contribution in [-0.4, -0.2) is 25.0 Å². The second-order valence-corrected chi connectivity index (χ2v) is 6.66. The molecule has 1 aromatic carbocycles. The lowest BCUT2D eigenvalue weighted by Gasteiger charge is -2.11. The van der Waals surface area contributed by atoms with Crippen molar-refractivity contribution >= 4 is 11.8 Å². The zero-order valence-electron chi connectivity index (χ0n) is 13.6. The van der Waals surface area contributed by atoms with E-state index < -0.39 is 0 Å². The zero-order chi connectivity index (χ0) is 16.4. The second kappa shape index (κ2) is 6.54. The quantitative estimate of drug-likeness (QED) is 0.665. The van der Waals surface area contributed by atoms with E-state index in [9.17, 15) is 0 Å². The highest BCUT2D eigenvalue weighted by atomic mass is 32.2. The minimum atomic E-state index is 0.00922. The summed E-state index contributed by atoms with van der Waals surface area (Å²) in [4.78, 5) is 0. The molecule has 6 nitrogen and oxygen atoms in total. The lowest BCUT2D eigenvalue weighted by atomic mass is 10.2. The number of nitrogens with zero attached hydrogens (tertiary/aromatic N) is 5. The van der Waals surface area contributed by atoms with Crippen molar-refractivity contribution in [2.45, 2.75) is 44.5 Å². The fraction of sp³-hybridized carbons (Fsp3) is 0.375. The first-order valence-electron chi connectivity index (χ1n) is 7.56. The van der Waals surface area contributed by atoms with E-state index in [1.165, 1.54) is 5.56 Å². The molecule has 2 aromatic heterocycles. The fourth-order valence-corrected chi connectivity index (χ4v) is 3.21. The Bertz CT molecular complexity index is 810. The first-order valence-corrected chi connectivity index (χ1v) is 8.44. The molecule has 120 valence electrons. The van der Waals surface area contributed by atoms with Crippen molar-refractivity contribution in [1.82, 2.24) is 25.0 Å². The Labute approximate surface area is 139 Å². The van der Waals surface area contributed by atoms with E-state index in [0.717, 1.165) is 23.1 Å². The van der Waals surface area contributed by atoms with Crippen LogP contribution in [0.2, 0.25) is 0 Å². The first-order chi connectivity index (χ1) is 11.1. The Morgan fingerprint density at radius 1 is 1.17 bits per heavy atom. The topological polar surface area (TPSA) is 69.6 Å². The van der Waals surface area contributed by atoms with Crippen molar-refractivity contribution in [3.8, 4) is 5.69 Å². The van der Waals surface area contributed by atoms with Gasteiger partial charge in [0.1, 0.15) is 5.82 Å². The smallest absolute Gasteiger partial charge is 0.229 e. The van der Waals surface area contributed by atoms with Gasteiger partial charge in [-0.25, -0.2) is 0 Å². The predicted octanol–water partition coefficient (Wildman–Crippen LogP) is 3.68. The van der Waals surface area contributed by atoms with Gasteiger partial charge in [-0.1, -0.05) is 30.8 Å². The SMILES string of the molecule is CCc1nnc(C(C)Sc2nnc(C)n2-c2cccc(C)c2)o1. The van der Waals surface area contributed by atoms with Gasteiger partial charge in [0.15, 0.2) is 5.16 Å². The van der Waals surface area contributed by atoms with Gasteiger partial charge in [-0.05, 0) is 38.5 Å². The van der Waals surface area contributed by atoms with Crippen molar-refractivity contribution in [3.05, 3.63) is 47.4 Å². The Balaban J connectivity index is 1.89. The highest BCUT2D eigenvalue weighted by Crippen LogP contribution is 2.34. The van der Waals surface area contributed by atoms with Gasteiger partial charge >= 0.3 is 0 Å². The van der Waals surface area contributed by atoms with Crippen LogP contribution in [0.3, 0.4) is 0 Å². The maximum atomic E-state index is 5.64. The van der Waals surface area contributed by atoms with E-state index in [1.54, 1.807) is 11.8 Å². The van der Waals surface area contributed by atoms with Crippen molar-refractivity contribution < 1.29 is 4.42 Å². The molecule has 0 N–H and O–H groups in total. The molecule has 0 spiro atoms. The summed E-state index contributed by atoms with van der Waals surface area (Å²) in [5.41, 5.74) is 2.26. The van der Waals surface area contributed by atoms with E-state index >= 15 is 0 Å². The van der Waals surface area contributed by atoms with Crippen LogP contribution in [0.1, 0.15) is 42.3 Å². The molecule has 0 saturated carbocycles. The zero-order valence-corrected chi connectivity index (χ0v) is 14.5. The molecule has 3 aromatic rings. The number of hydrogen-bond donors (Lipinski definition) is 0. The minimum absolute atomic E-state index is 0.00922. The average molecular weight is 329 g/mol. The van der Waals surface area contributed by atoms with Gasteiger partial charge in [0.05, 0.1) is 5.25 Å². The molecule has 1 atom stereocenters. The summed E-state index contributed by atoms with van der Waals surface area (Å²) in [6.07, 6.45) is 0.739. The average Bonchev–Trinajstić information content (AvgIpc) is 3.14. The molecule has 23 heavy (non-hydrogen) atoms. The van der Waals surface area contributed by atoms with Gasteiger partial charge in [0.25, 0.3) is 0 Å². The van der Waals surface area contributed by atoms with Gasteiger partial charge < -0.3 is 4.42 Å². The van der Waals surface area contributed by atoms with E-state index in [4.69, 9.17) is 4.42 Å². The number of hydrogen-bond acceptors (Lipinski definition) is 6. The molecule has 0 aliphatic carbocycles. The van der Waals surface area contributed by atoms with Crippen LogP contribution < -0.4 is 0 Å². The van der Waals surface area contributed by atoms with Gasteiger partial charge in [-0.15, -0.1) is 20.4 Å². The van der Waals surface area contributed by atoms with Gasteiger partial charge in [-0.2, -0.15) is 0 Å². The molecule has 0 saturated heterocycles. The van der Waals surface area contributed by atoms with Crippen LogP contribution in [-0.2, 0) is 6.42 Å². The number of aryl methyl sites for hydroxylation is 3. The highest BCUT2D eigenvalue weighted by molar-refractivity contribution is 7.99. The number of aromatic nitrogens is 5. The molecular formula is C16H19N5OS. The van der Waals surface area contributed by atoms with E-state index in [-0.39, 0.29) is 5.25 Å². The second-order valence-electron chi connectivity index (χ2n) is 5.35. The van der Waals surface area contributed by atoms with Gasteiger partial charge in [0.2, 0.25) is 11.8 Å². The third kappa shape index (κ3) is 3.29. The molecule has 0 amide bonds. The first kappa shape index (κ1) is 15.7. The standard InChI is InChI=1S/C16H19N5OS/c1-5-14-18-19-15(22-14)11(3)23-16-20-17-12(4)21(16)13-8-6-7-10(2)9-13/h6-9,11H,5H2,1-4H3. The lowest BCUT2D eigenvalue weighted by Crippen LogP contribution is -2.01. The van der Waals surface area contributed by atoms with Gasteiger partial charge in [-0.3, -0.25) is 4.57 Å². The van der Waals surface area contributed by atoms with Crippen LogP contribution >= 0.6 is 11.8 Å². The number of benzene rings is 1. The maximum Gasteiger partial charge on any atom is 0.229 e. The monoisotopic (exact) mass is 329 g/mol. The molecule has 3 rings (SSSR count). The molecule has 2 heterocycles. The molecular weight excluding hydrogens is 310 g/mol. The lowest BCUT2D eigenvalue weighted by molar-refractivity contribution is 0.456. The van der Waals surface area contributed by atoms with Gasteiger partial charge in [0, 0.05) is 12.1 Å². The third-order valence-electron chi connectivity index (χ3n) is 3.47. The Morgan fingerprint density at radius 2 is 2.00 bits per heavy atom. The largest absolute Gasteiger partial charge is 0.424 e. The van der Waals surface area contributed by atoms with Crippen LogP contribution in [0, 0.1) is 13.8 Å². The van der Waals surface area contributed by atoms with Crippen LogP contribution in [0.15, 0.2) is 33.8 Å². The Morgan fingerprint density at radius 3 is 2.70 bits per heavy atom. The Hall–Kier alpha value is -2.15. The molecule has 0 fully saturated rings. The number of thioether (sulfide) groups is 1. The molecule has 7 heteroatoms. The predicted molar refractivity (Wildman–Crippen MR) is 88.8 cm³/mol. The highest BCUT2D eigenvalue weighted by Gasteiger charge is 2.20. The summed E-state index contributed by atoms with van der Waals surface area (Å²) in [7, 11) is 0. The molecule has 0 radical (unpaired) electrons. The summed E-state index contributed by atoms with van der Waals surface area (Å²) in [5, 5.41) is 17.5. The fourth-order valence-electron chi connectivity index (χ4n) is 2.27. The van der Waals surface area contributed by atoms with Crippen LogP contribution in [0.4, 0.5) is 0 Å².